The summed E-state index contributed by atoms with van der Waals surface area (Å²) < 4.78 is 27.0. The third-order valence-corrected chi connectivity index (χ3v) is 4.62. The molecule has 0 spiro atoms. The maximum absolute atomic E-state index is 14.3. The van der Waals surface area contributed by atoms with Crippen LogP contribution >= 0.6 is 0 Å². The van der Waals surface area contributed by atoms with Crippen LogP contribution < -0.4 is 0 Å². The summed E-state index contributed by atoms with van der Waals surface area (Å²) in [6, 6.07) is 14.4. The van der Waals surface area contributed by atoms with Crippen molar-refractivity contribution in [2.24, 2.45) is 0 Å². The second-order valence-electron chi connectivity index (χ2n) is 4.72. The summed E-state index contributed by atoms with van der Waals surface area (Å²) in [5, 5.41) is 0. The highest BCUT2D eigenvalue weighted by molar-refractivity contribution is 7.85. The molecule has 0 aliphatic rings. The number of benzene rings is 2. The Labute approximate surface area is 127 Å². The zero-order valence-corrected chi connectivity index (χ0v) is 12.9. The fraction of sp³-hybridized carbons (Fsp3) is 0.222. The molecule has 0 amide bonds. The normalized spacial score (nSPS) is 13.1. The molecule has 0 fully saturated rings. The average Bonchev–Trinajstić information content (AvgIpc) is 2.52. The van der Waals surface area contributed by atoms with Crippen molar-refractivity contribution >= 4 is 10.8 Å². The predicted molar refractivity (Wildman–Crippen MR) is 84.2 cm³/mol. The number of hydrogen-bond donors (Lipinski definition) is 0. The molecule has 2 aromatic carbocycles. The molecule has 0 radical (unpaired) electrons. The van der Waals surface area contributed by atoms with Crippen molar-refractivity contribution in [2.75, 3.05) is 0 Å². The first kappa shape index (κ1) is 15.5. The van der Waals surface area contributed by atoms with Crippen molar-refractivity contribution in [1.29, 1.82) is 0 Å². The molecule has 0 saturated heterocycles. The molecule has 0 bridgehead atoms. The molecule has 0 heterocycles. The van der Waals surface area contributed by atoms with Gasteiger partial charge in [-0.3, -0.25) is 0 Å². The van der Waals surface area contributed by atoms with Gasteiger partial charge in [0.1, 0.15) is 6.17 Å². The van der Waals surface area contributed by atoms with Crippen LogP contribution in [0.1, 0.15) is 30.6 Å². The second-order valence-corrected chi connectivity index (χ2v) is 6.17. The summed E-state index contributed by atoms with van der Waals surface area (Å²) >= 11 is 0. The molecule has 3 heteroatoms. The van der Waals surface area contributed by atoms with Crippen molar-refractivity contribution < 1.29 is 8.60 Å². The Morgan fingerprint density at radius 2 is 1.81 bits per heavy atom. The van der Waals surface area contributed by atoms with Gasteiger partial charge in [0.2, 0.25) is 0 Å². The van der Waals surface area contributed by atoms with Gasteiger partial charge in [-0.1, -0.05) is 35.9 Å². The monoisotopic (exact) mass is 300 g/mol. The zero-order chi connectivity index (χ0) is 15.2. The summed E-state index contributed by atoms with van der Waals surface area (Å²) in [6.45, 7) is 3.66. The van der Waals surface area contributed by atoms with Crippen molar-refractivity contribution in [3.63, 3.8) is 0 Å². The first-order valence-corrected chi connectivity index (χ1v) is 7.89. The third kappa shape index (κ3) is 3.80. The minimum atomic E-state index is -1.38. The van der Waals surface area contributed by atoms with E-state index in [1.807, 2.05) is 31.2 Å². The quantitative estimate of drug-likeness (QED) is 0.755. The standard InChI is InChI=1S/C18H17FOS/c1-3-4-8-17(19)16-7-5-6-9-18(16)21(20)15-12-10-14(2)11-13-15/h5-7,9-13,17H,8H2,1-2H3/t17-,21?/m0/s1. The predicted octanol–water partition coefficient (Wildman–Crippen LogP) is 4.59. The van der Waals surface area contributed by atoms with E-state index in [9.17, 15) is 8.60 Å². The molecule has 2 rings (SSSR count). The smallest absolute Gasteiger partial charge is 0.137 e. The maximum atomic E-state index is 14.3. The van der Waals surface area contributed by atoms with Gasteiger partial charge in [-0.2, -0.15) is 0 Å². The minimum Gasteiger partial charge on any atom is -0.249 e. The van der Waals surface area contributed by atoms with E-state index < -0.39 is 17.0 Å². The molecule has 2 atom stereocenters. The fourth-order valence-electron chi connectivity index (χ4n) is 2.00. The van der Waals surface area contributed by atoms with Crippen molar-refractivity contribution in [1.82, 2.24) is 0 Å². The number of aryl methyl sites for hydroxylation is 1. The van der Waals surface area contributed by atoms with Crippen LogP contribution in [0.5, 0.6) is 0 Å². The Morgan fingerprint density at radius 1 is 1.14 bits per heavy atom. The molecule has 1 unspecified atom stereocenters. The lowest BCUT2D eigenvalue weighted by molar-refractivity contribution is 0.346. The van der Waals surface area contributed by atoms with Gasteiger partial charge in [0.15, 0.2) is 0 Å². The SMILES string of the molecule is CC#CC[C@H](F)c1ccccc1S(=O)c1ccc(C)cc1. The topological polar surface area (TPSA) is 17.1 Å². The summed E-state index contributed by atoms with van der Waals surface area (Å²) in [5.41, 5.74) is 1.56. The molecule has 0 aliphatic carbocycles. The summed E-state index contributed by atoms with van der Waals surface area (Å²) in [5.74, 6) is 5.43. The number of hydrogen-bond acceptors (Lipinski definition) is 1. The lowest BCUT2D eigenvalue weighted by Crippen LogP contribution is -2.01. The van der Waals surface area contributed by atoms with E-state index in [0.717, 1.165) is 5.56 Å². The largest absolute Gasteiger partial charge is 0.249 e. The molecule has 108 valence electrons. The number of halogens is 1. The van der Waals surface area contributed by atoms with E-state index in [0.29, 0.717) is 15.4 Å². The lowest BCUT2D eigenvalue weighted by atomic mass is 10.1. The number of alkyl halides is 1. The Hall–Kier alpha value is -1.92. The van der Waals surface area contributed by atoms with E-state index in [1.165, 1.54) is 0 Å². The highest BCUT2D eigenvalue weighted by Gasteiger charge is 2.18. The average molecular weight is 300 g/mol. The fourth-order valence-corrected chi connectivity index (χ4v) is 3.25. The third-order valence-electron chi connectivity index (χ3n) is 3.15. The van der Waals surface area contributed by atoms with Gasteiger partial charge in [0.05, 0.1) is 10.8 Å². The van der Waals surface area contributed by atoms with Crippen LogP contribution in [0, 0.1) is 18.8 Å². The molecule has 0 N–H and O–H groups in total. The zero-order valence-electron chi connectivity index (χ0n) is 12.1. The Kier molecular flexibility index (Phi) is 5.30. The lowest BCUT2D eigenvalue weighted by Gasteiger charge is -2.11. The molecule has 0 aliphatic heterocycles. The van der Waals surface area contributed by atoms with Gasteiger partial charge < -0.3 is 0 Å². The Bertz CT molecular complexity index is 695. The van der Waals surface area contributed by atoms with Crippen LogP contribution in [0.15, 0.2) is 58.3 Å². The molecule has 21 heavy (non-hydrogen) atoms. The van der Waals surface area contributed by atoms with Gasteiger partial charge in [0.25, 0.3) is 0 Å². The van der Waals surface area contributed by atoms with E-state index >= 15 is 0 Å². The van der Waals surface area contributed by atoms with Crippen LogP contribution in [-0.4, -0.2) is 4.21 Å². The van der Waals surface area contributed by atoms with Crippen molar-refractivity contribution in [3.8, 4) is 11.8 Å². The summed E-state index contributed by atoms with van der Waals surface area (Å²) in [7, 11) is -1.38. The van der Waals surface area contributed by atoms with Gasteiger partial charge in [-0.25, -0.2) is 8.60 Å². The molecule has 0 aromatic heterocycles. The highest BCUT2D eigenvalue weighted by Crippen LogP contribution is 2.29. The molecular weight excluding hydrogens is 283 g/mol. The first-order chi connectivity index (χ1) is 10.1. The Morgan fingerprint density at radius 3 is 2.48 bits per heavy atom. The van der Waals surface area contributed by atoms with Gasteiger partial charge in [-0.05, 0) is 32.0 Å². The van der Waals surface area contributed by atoms with Crippen LogP contribution in [0.25, 0.3) is 0 Å². The van der Waals surface area contributed by atoms with Gasteiger partial charge >= 0.3 is 0 Å². The van der Waals surface area contributed by atoms with Crippen LogP contribution in [-0.2, 0) is 10.8 Å². The van der Waals surface area contributed by atoms with E-state index in [2.05, 4.69) is 11.8 Å². The minimum absolute atomic E-state index is 0.124. The van der Waals surface area contributed by atoms with E-state index in [4.69, 9.17) is 0 Å². The van der Waals surface area contributed by atoms with Gasteiger partial charge in [0, 0.05) is 21.8 Å². The summed E-state index contributed by atoms with van der Waals surface area (Å²) in [6.07, 6.45) is -1.10. The highest BCUT2D eigenvalue weighted by atomic mass is 32.2. The van der Waals surface area contributed by atoms with Crippen LogP contribution in [0.2, 0.25) is 0 Å². The molecule has 0 saturated carbocycles. The maximum Gasteiger partial charge on any atom is 0.137 e. The van der Waals surface area contributed by atoms with E-state index in [-0.39, 0.29) is 6.42 Å². The van der Waals surface area contributed by atoms with Gasteiger partial charge in [-0.15, -0.1) is 11.8 Å². The van der Waals surface area contributed by atoms with Crippen molar-refractivity contribution in [3.05, 3.63) is 59.7 Å². The number of rotatable bonds is 4. The van der Waals surface area contributed by atoms with Crippen molar-refractivity contribution in [2.45, 2.75) is 36.2 Å². The van der Waals surface area contributed by atoms with Crippen LogP contribution in [0.4, 0.5) is 4.39 Å². The molecule has 2 aromatic rings. The molecule has 1 nitrogen and oxygen atoms in total. The Balaban J connectivity index is 2.36. The molecular formula is C18H17FOS. The summed E-state index contributed by atoms with van der Waals surface area (Å²) in [4.78, 5) is 1.20. The van der Waals surface area contributed by atoms with Crippen LogP contribution in [0.3, 0.4) is 0 Å². The second kappa shape index (κ2) is 7.19. The first-order valence-electron chi connectivity index (χ1n) is 6.74. The van der Waals surface area contributed by atoms with E-state index in [1.54, 1.807) is 31.2 Å².